The highest BCUT2D eigenvalue weighted by Crippen LogP contribution is 2.21. The SMILES string of the molecule is CC(=O)N[C@H](CC(=O)N1CCN(CC(=O)Nc2ccc(F)cc2)CC1)c1ccc(Cl)cc1. The summed E-state index contributed by atoms with van der Waals surface area (Å²) in [5.41, 5.74) is 1.35. The minimum atomic E-state index is -0.434. The lowest BCUT2D eigenvalue weighted by Gasteiger charge is -2.35. The van der Waals surface area contributed by atoms with E-state index in [-0.39, 0.29) is 36.5 Å². The number of piperazine rings is 1. The van der Waals surface area contributed by atoms with Crippen LogP contribution >= 0.6 is 11.6 Å². The number of carbonyl (C=O) groups is 3. The molecule has 1 aliphatic rings. The van der Waals surface area contributed by atoms with Gasteiger partial charge in [0.25, 0.3) is 0 Å². The van der Waals surface area contributed by atoms with Crippen LogP contribution in [0.15, 0.2) is 48.5 Å². The molecular formula is C23H26ClFN4O3. The molecule has 32 heavy (non-hydrogen) atoms. The maximum atomic E-state index is 13.0. The van der Waals surface area contributed by atoms with Crippen LogP contribution in [0.4, 0.5) is 10.1 Å². The molecule has 1 heterocycles. The Morgan fingerprint density at radius 1 is 1.00 bits per heavy atom. The Kier molecular flexibility index (Phi) is 8.19. The monoisotopic (exact) mass is 460 g/mol. The number of nitrogens with zero attached hydrogens (tertiary/aromatic N) is 2. The van der Waals surface area contributed by atoms with Gasteiger partial charge >= 0.3 is 0 Å². The second kappa shape index (κ2) is 11.1. The van der Waals surface area contributed by atoms with Gasteiger partial charge in [0, 0.05) is 43.8 Å². The van der Waals surface area contributed by atoms with Gasteiger partial charge in [0.15, 0.2) is 0 Å². The zero-order valence-corrected chi connectivity index (χ0v) is 18.6. The van der Waals surface area contributed by atoms with Gasteiger partial charge in [0.05, 0.1) is 19.0 Å². The lowest BCUT2D eigenvalue weighted by Crippen LogP contribution is -2.51. The molecule has 9 heteroatoms. The first-order valence-corrected chi connectivity index (χ1v) is 10.8. The molecule has 0 aromatic heterocycles. The Balaban J connectivity index is 1.49. The van der Waals surface area contributed by atoms with Crippen molar-refractivity contribution < 1.29 is 18.8 Å². The predicted octanol–water partition coefficient (Wildman–Crippen LogP) is 2.83. The van der Waals surface area contributed by atoms with E-state index in [0.29, 0.717) is 36.9 Å². The number of amides is 3. The highest BCUT2D eigenvalue weighted by Gasteiger charge is 2.25. The van der Waals surface area contributed by atoms with Crippen LogP contribution < -0.4 is 10.6 Å². The normalized spacial score (nSPS) is 15.2. The lowest BCUT2D eigenvalue weighted by atomic mass is 10.0. The topological polar surface area (TPSA) is 81.8 Å². The van der Waals surface area contributed by atoms with Crippen molar-refractivity contribution in [3.8, 4) is 0 Å². The summed E-state index contributed by atoms with van der Waals surface area (Å²) in [7, 11) is 0. The smallest absolute Gasteiger partial charge is 0.238 e. The summed E-state index contributed by atoms with van der Waals surface area (Å²) in [6.45, 7) is 3.73. The summed E-state index contributed by atoms with van der Waals surface area (Å²) in [4.78, 5) is 40.4. The van der Waals surface area contributed by atoms with Crippen LogP contribution in [-0.4, -0.2) is 60.2 Å². The third-order valence-corrected chi connectivity index (χ3v) is 5.50. The summed E-state index contributed by atoms with van der Waals surface area (Å²) in [5.74, 6) is -0.825. The van der Waals surface area contributed by atoms with Crippen LogP contribution in [0.25, 0.3) is 0 Å². The van der Waals surface area contributed by atoms with Gasteiger partial charge in [-0.3, -0.25) is 19.3 Å². The Bertz CT molecular complexity index is 945. The summed E-state index contributed by atoms with van der Waals surface area (Å²) >= 11 is 5.94. The van der Waals surface area contributed by atoms with Gasteiger partial charge in [-0.2, -0.15) is 0 Å². The summed E-state index contributed by atoms with van der Waals surface area (Å²) in [6, 6.07) is 12.2. The van der Waals surface area contributed by atoms with Crippen molar-refractivity contribution in [2.75, 3.05) is 38.0 Å². The average Bonchev–Trinajstić information content (AvgIpc) is 2.75. The van der Waals surface area contributed by atoms with Crippen LogP contribution in [0.3, 0.4) is 0 Å². The van der Waals surface area contributed by atoms with E-state index in [0.717, 1.165) is 5.56 Å². The van der Waals surface area contributed by atoms with E-state index >= 15 is 0 Å². The fourth-order valence-electron chi connectivity index (χ4n) is 3.59. The van der Waals surface area contributed by atoms with E-state index in [2.05, 4.69) is 10.6 Å². The Labute approximate surface area is 191 Å². The Morgan fingerprint density at radius 2 is 1.62 bits per heavy atom. The maximum absolute atomic E-state index is 13.0. The number of hydrogen-bond donors (Lipinski definition) is 2. The molecule has 2 aromatic carbocycles. The standard InChI is InChI=1S/C23H26ClFN4O3/c1-16(30)26-21(17-2-4-18(24)5-3-17)14-23(32)29-12-10-28(11-13-29)15-22(31)27-20-8-6-19(25)7-9-20/h2-9,21H,10-15H2,1H3,(H,26,30)(H,27,31)/t21-/m1/s1. The van der Waals surface area contributed by atoms with Crippen LogP contribution in [0.2, 0.25) is 5.02 Å². The van der Waals surface area contributed by atoms with Gasteiger partial charge in [-0.1, -0.05) is 23.7 Å². The van der Waals surface area contributed by atoms with Crippen molar-refractivity contribution >= 4 is 35.0 Å². The first kappa shape index (κ1) is 23.7. The number of benzene rings is 2. The van der Waals surface area contributed by atoms with Crippen molar-refractivity contribution in [1.29, 1.82) is 0 Å². The van der Waals surface area contributed by atoms with E-state index in [1.165, 1.54) is 31.2 Å². The highest BCUT2D eigenvalue weighted by atomic mass is 35.5. The number of nitrogens with one attached hydrogen (secondary N) is 2. The number of hydrogen-bond acceptors (Lipinski definition) is 4. The molecule has 1 fully saturated rings. The van der Waals surface area contributed by atoms with Crippen molar-refractivity contribution in [2.45, 2.75) is 19.4 Å². The molecule has 0 bridgehead atoms. The molecule has 1 saturated heterocycles. The third-order valence-electron chi connectivity index (χ3n) is 5.25. The van der Waals surface area contributed by atoms with Gasteiger partial charge in [-0.15, -0.1) is 0 Å². The number of carbonyl (C=O) groups excluding carboxylic acids is 3. The van der Waals surface area contributed by atoms with E-state index < -0.39 is 6.04 Å². The first-order valence-electron chi connectivity index (χ1n) is 10.4. The second-order valence-electron chi connectivity index (χ2n) is 7.72. The molecule has 0 aliphatic carbocycles. The van der Waals surface area contributed by atoms with E-state index in [1.54, 1.807) is 29.2 Å². The molecule has 3 rings (SSSR count). The van der Waals surface area contributed by atoms with E-state index in [1.807, 2.05) is 4.90 Å². The Hall–Kier alpha value is -2.97. The number of halogens is 2. The van der Waals surface area contributed by atoms with Crippen LogP contribution in [0.1, 0.15) is 24.9 Å². The van der Waals surface area contributed by atoms with Gasteiger partial charge in [-0.05, 0) is 42.0 Å². The fourth-order valence-corrected chi connectivity index (χ4v) is 3.71. The average molecular weight is 461 g/mol. The van der Waals surface area contributed by atoms with Gasteiger partial charge in [0.1, 0.15) is 5.82 Å². The molecule has 3 amide bonds. The van der Waals surface area contributed by atoms with Gasteiger partial charge in [-0.25, -0.2) is 4.39 Å². The second-order valence-corrected chi connectivity index (χ2v) is 8.16. The molecular weight excluding hydrogens is 435 g/mol. The molecule has 7 nitrogen and oxygen atoms in total. The molecule has 1 atom stereocenters. The molecule has 0 radical (unpaired) electrons. The van der Waals surface area contributed by atoms with Crippen molar-refractivity contribution in [2.24, 2.45) is 0 Å². The predicted molar refractivity (Wildman–Crippen MR) is 121 cm³/mol. The first-order chi connectivity index (χ1) is 15.3. The molecule has 1 aliphatic heterocycles. The molecule has 2 aromatic rings. The fraction of sp³-hybridized carbons (Fsp3) is 0.348. The Morgan fingerprint density at radius 3 is 2.22 bits per heavy atom. The molecule has 0 saturated carbocycles. The number of anilines is 1. The minimum absolute atomic E-state index is 0.0610. The van der Waals surface area contributed by atoms with Crippen LogP contribution in [-0.2, 0) is 14.4 Å². The van der Waals surface area contributed by atoms with Crippen molar-refractivity contribution in [3.05, 3.63) is 64.9 Å². The largest absolute Gasteiger partial charge is 0.349 e. The van der Waals surface area contributed by atoms with Crippen molar-refractivity contribution in [1.82, 2.24) is 15.1 Å². The zero-order valence-electron chi connectivity index (χ0n) is 17.8. The zero-order chi connectivity index (χ0) is 23.1. The quantitative estimate of drug-likeness (QED) is 0.665. The molecule has 0 unspecified atom stereocenters. The van der Waals surface area contributed by atoms with Crippen molar-refractivity contribution in [3.63, 3.8) is 0 Å². The highest BCUT2D eigenvalue weighted by molar-refractivity contribution is 6.30. The van der Waals surface area contributed by atoms with E-state index in [9.17, 15) is 18.8 Å². The van der Waals surface area contributed by atoms with Gasteiger partial charge in [0.2, 0.25) is 17.7 Å². The van der Waals surface area contributed by atoms with E-state index in [4.69, 9.17) is 11.6 Å². The van der Waals surface area contributed by atoms with Gasteiger partial charge < -0.3 is 15.5 Å². The summed E-state index contributed by atoms with van der Waals surface area (Å²) in [5, 5.41) is 6.15. The summed E-state index contributed by atoms with van der Waals surface area (Å²) < 4.78 is 13.0. The number of rotatable bonds is 7. The lowest BCUT2D eigenvalue weighted by molar-refractivity contribution is -0.133. The third kappa shape index (κ3) is 7.03. The van der Waals surface area contributed by atoms with Crippen LogP contribution in [0.5, 0.6) is 0 Å². The maximum Gasteiger partial charge on any atom is 0.238 e. The van der Waals surface area contributed by atoms with Crippen LogP contribution in [0, 0.1) is 5.82 Å². The summed E-state index contributed by atoms with van der Waals surface area (Å²) in [6.07, 6.45) is 0.145. The molecule has 0 spiro atoms. The minimum Gasteiger partial charge on any atom is -0.349 e. The molecule has 2 N–H and O–H groups in total. The molecule has 170 valence electrons.